The molecule has 1 rings (SSSR count). The van der Waals surface area contributed by atoms with Crippen molar-refractivity contribution in [3.63, 3.8) is 0 Å². The number of allylic oxidation sites excluding steroid dienone is 2. The van der Waals surface area contributed by atoms with E-state index < -0.39 is 0 Å². The summed E-state index contributed by atoms with van der Waals surface area (Å²) in [5.74, 6) is 0. The number of hydrogen-bond acceptors (Lipinski definition) is 2. The minimum absolute atomic E-state index is 0.922. The molecule has 1 aromatic rings. The first-order valence-electron chi connectivity index (χ1n) is 4.75. The molecule has 2 heteroatoms. The molecule has 0 atom stereocenters. The van der Waals surface area contributed by atoms with Crippen molar-refractivity contribution in [1.29, 1.82) is 0 Å². The van der Waals surface area contributed by atoms with Gasteiger partial charge in [-0.15, -0.1) is 0 Å². The van der Waals surface area contributed by atoms with Gasteiger partial charge >= 0.3 is 0 Å². The van der Waals surface area contributed by atoms with Gasteiger partial charge in [-0.25, -0.2) is 0 Å². The van der Waals surface area contributed by atoms with Crippen molar-refractivity contribution in [3.8, 4) is 0 Å². The lowest BCUT2D eigenvalue weighted by atomic mass is 10.1. The lowest BCUT2D eigenvalue weighted by molar-refractivity contribution is 0.859. The number of thiocarbonyl (C=S) groups is 1. The molecule has 0 radical (unpaired) electrons. The fourth-order valence-corrected chi connectivity index (χ4v) is 1.66. The highest BCUT2D eigenvalue weighted by Gasteiger charge is 2.00. The number of nitrogens with one attached hydrogen (secondary N) is 1. The number of rotatable bonds is 4. The summed E-state index contributed by atoms with van der Waals surface area (Å²) in [4.78, 5) is 0. The Labute approximate surface area is 90.8 Å². The minimum atomic E-state index is 0.922. The first kappa shape index (κ1) is 10.9. The molecule has 74 valence electrons. The third-order valence-corrected chi connectivity index (χ3v) is 2.28. The molecule has 0 aliphatic heterocycles. The van der Waals surface area contributed by atoms with Gasteiger partial charge in [0.25, 0.3) is 0 Å². The molecule has 0 aliphatic rings. The van der Waals surface area contributed by atoms with Crippen LogP contribution in [0.2, 0.25) is 0 Å². The van der Waals surface area contributed by atoms with Gasteiger partial charge in [0.2, 0.25) is 0 Å². The smallest absolute Gasteiger partial charge is 0.0163 e. The molecule has 0 bridgehead atoms. The zero-order valence-corrected chi connectivity index (χ0v) is 9.40. The van der Waals surface area contributed by atoms with Crippen LogP contribution in [0.15, 0.2) is 36.0 Å². The first-order valence-corrected chi connectivity index (χ1v) is 5.22. The second kappa shape index (κ2) is 5.55. The number of benzene rings is 1. The summed E-state index contributed by atoms with van der Waals surface area (Å²) in [6, 6.07) is 10.2. The average Bonchev–Trinajstić information content (AvgIpc) is 2.21. The Kier molecular flexibility index (Phi) is 4.33. The van der Waals surface area contributed by atoms with Gasteiger partial charge in [0, 0.05) is 23.2 Å². The van der Waals surface area contributed by atoms with E-state index >= 15 is 0 Å². The van der Waals surface area contributed by atoms with E-state index in [4.69, 9.17) is 12.2 Å². The molecule has 1 aromatic carbocycles. The fraction of sp³-hybridized carbons (Fsp3) is 0.250. The summed E-state index contributed by atoms with van der Waals surface area (Å²) in [7, 11) is 0. The van der Waals surface area contributed by atoms with Crippen molar-refractivity contribution < 1.29 is 0 Å². The largest absolute Gasteiger partial charge is 0.388 e. The van der Waals surface area contributed by atoms with Crippen LogP contribution in [0.4, 0.5) is 0 Å². The second-order valence-electron chi connectivity index (χ2n) is 3.05. The van der Waals surface area contributed by atoms with Crippen LogP contribution >= 0.6 is 12.2 Å². The van der Waals surface area contributed by atoms with Crippen molar-refractivity contribution in [3.05, 3.63) is 41.6 Å². The molecule has 1 nitrogen and oxygen atoms in total. The minimum Gasteiger partial charge on any atom is -0.388 e. The third kappa shape index (κ3) is 2.67. The predicted molar refractivity (Wildman–Crippen MR) is 66.4 cm³/mol. The molecule has 0 fully saturated rings. The summed E-state index contributed by atoms with van der Waals surface area (Å²) in [6.07, 6.45) is 0. The van der Waals surface area contributed by atoms with E-state index in [1.807, 2.05) is 18.2 Å². The lowest BCUT2D eigenvalue weighted by Crippen LogP contribution is -2.11. The van der Waals surface area contributed by atoms with Crippen molar-refractivity contribution in [2.75, 3.05) is 6.54 Å². The summed E-state index contributed by atoms with van der Waals surface area (Å²) in [5.41, 5.74) is 3.40. The summed E-state index contributed by atoms with van der Waals surface area (Å²) in [5, 5.41) is 5.01. The van der Waals surface area contributed by atoms with E-state index in [1.54, 1.807) is 5.37 Å². The molecule has 0 saturated heterocycles. The quantitative estimate of drug-likeness (QED) is 0.599. The zero-order chi connectivity index (χ0) is 10.4. The molecule has 0 spiro atoms. The van der Waals surface area contributed by atoms with Gasteiger partial charge in [-0.05, 0) is 19.4 Å². The van der Waals surface area contributed by atoms with Crippen LogP contribution in [0.1, 0.15) is 19.4 Å². The molecule has 14 heavy (non-hydrogen) atoms. The van der Waals surface area contributed by atoms with Gasteiger partial charge in [0.05, 0.1) is 0 Å². The Morgan fingerprint density at radius 1 is 1.36 bits per heavy atom. The van der Waals surface area contributed by atoms with Crippen LogP contribution in [0.3, 0.4) is 0 Å². The van der Waals surface area contributed by atoms with Gasteiger partial charge in [-0.3, -0.25) is 0 Å². The van der Waals surface area contributed by atoms with Crippen LogP contribution in [0.5, 0.6) is 0 Å². The van der Waals surface area contributed by atoms with Gasteiger partial charge < -0.3 is 5.32 Å². The van der Waals surface area contributed by atoms with Crippen molar-refractivity contribution in [2.45, 2.75) is 13.8 Å². The fourth-order valence-electron chi connectivity index (χ4n) is 1.35. The van der Waals surface area contributed by atoms with Crippen molar-refractivity contribution in [1.82, 2.24) is 5.32 Å². The Bertz CT molecular complexity index is 327. The van der Waals surface area contributed by atoms with Crippen LogP contribution in [0.25, 0.3) is 5.57 Å². The average molecular weight is 205 g/mol. The maximum Gasteiger partial charge on any atom is 0.0163 e. The van der Waals surface area contributed by atoms with Gasteiger partial charge in [-0.2, -0.15) is 0 Å². The normalized spacial score (nSPS) is 11.9. The van der Waals surface area contributed by atoms with E-state index in [1.165, 1.54) is 5.56 Å². The van der Waals surface area contributed by atoms with Crippen LogP contribution < -0.4 is 5.32 Å². The van der Waals surface area contributed by atoms with Crippen LogP contribution in [-0.2, 0) is 0 Å². The van der Waals surface area contributed by atoms with Gasteiger partial charge in [0.15, 0.2) is 0 Å². The third-order valence-electron chi connectivity index (χ3n) is 2.05. The Balaban J connectivity index is 3.04. The molecular formula is C12H15NS. The van der Waals surface area contributed by atoms with E-state index in [2.05, 4.69) is 31.3 Å². The van der Waals surface area contributed by atoms with E-state index in [0.717, 1.165) is 17.8 Å². The van der Waals surface area contributed by atoms with Crippen molar-refractivity contribution in [2.24, 2.45) is 0 Å². The number of hydrogen-bond donors (Lipinski definition) is 1. The van der Waals surface area contributed by atoms with E-state index in [9.17, 15) is 0 Å². The highest BCUT2D eigenvalue weighted by atomic mass is 32.1. The van der Waals surface area contributed by atoms with Gasteiger partial charge in [0.1, 0.15) is 0 Å². The molecule has 0 heterocycles. The first-order chi connectivity index (χ1) is 6.79. The Morgan fingerprint density at radius 3 is 2.50 bits per heavy atom. The maximum atomic E-state index is 5.02. The lowest BCUT2D eigenvalue weighted by Gasteiger charge is -2.08. The van der Waals surface area contributed by atoms with E-state index in [-0.39, 0.29) is 0 Å². The molecule has 0 aliphatic carbocycles. The summed E-state index contributed by atoms with van der Waals surface area (Å²) >= 11 is 5.02. The molecule has 0 saturated carbocycles. The van der Waals surface area contributed by atoms with Crippen molar-refractivity contribution >= 4 is 23.2 Å². The van der Waals surface area contributed by atoms with E-state index in [0.29, 0.717) is 0 Å². The van der Waals surface area contributed by atoms with Gasteiger partial charge in [-0.1, -0.05) is 42.5 Å². The second-order valence-corrected chi connectivity index (χ2v) is 3.29. The van der Waals surface area contributed by atoms with Crippen LogP contribution in [-0.4, -0.2) is 11.9 Å². The molecule has 1 N–H and O–H groups in total. The zero-order valence-electron chi connectivity index (χ0n) is 8.58. The monoisotopic (exact) mass is 205 g/mol. The SMILES string of the molecule is CCNC(C)=C(C=S)c1ccccc1. The maximum absolute atomic E-state index is 5.02. The summed E-state index contributed by atoms with van der Waals surface area (Å²) < 4.78 is 0. The standard InChI is InChI=1S/C12H15NS/c1-3-13-10(2)12(9-14)11-7-5-4-6-8-11/h4-9,13H,3H2,1-2H3. The highest BCUT2D eigenvalue weighted by molar-refractivity contribution is 7.79. The summed E-state index contributed by atoms with van der Waals surface area (Å²) in [6.45, 7) is 5.05. The Morgan fingerprint density at radius 2 is 2.00 bits per heavy atom. The molecule has 0 amide bonds. The Hall–Kier alpha value is -1.15. The molecule has 0 aromatic heterocycles. The molecule has 0 unspecified atom stereocenters. The van der Waals surface area contributed by atoms with Crippen LogP contribution in [0, 0.1) is 0 Å². The highest BCUT2D eigenvalue weighted by Crippen LogP contribution is 2.14. The topological polar surface area (TPSA) is 12.0 Å². The predicted octanol–water partition coefficient (Wildman–Crippen LogP) is 3.03. The molecular weight excluding hydrogens is 190 g/mol.